The molecule has 5 heteroatoms. The molecule has 1 saturated heterocycles. The summed E-state index contributed by atoms with van der Waals surface area (Å²) in [5.74, 6) is 0. The number of nitrogens with one attached hydrogen (secondary N) is 1. The molecule has 0 radical (unpaired) electrons. The smallest absolute Gasteiger partial charge is 0.180 e. The quantitative estimate of drug-likeness (QED) is 0.608. The summed E-state index contributed by atoms with van der Waals surface area (Å²) in [5, 5.41) is 13.9. The summed E-state index contributed by atoms with van der Waals surface area (Å²) in [6.45, 7) is 1.59. The first-order chi connectivity index (χ1) is 6.21. The highest BCUT2D eigenvalue weighted by atomic mass is 32.1. The van der Waals surface area contributed by atoms with Crippen molar-refractivity contribution >= 4 is 16.5 Å². The van der Waals surface area contributed by atoms with E-state index in [2.05, 4.69) is 10.3 Å². The predicted octanol–water partition coefficient (Wildman–Crippen LogP) is 0.296. The summed E-state index contributed by atoms with van der Waals surface area (Å²) < 4.78 is 0. The van der Waals surface area contributed by atoms with Crippen LogP contribution < -0.4 is 11.1 Å². The van der Waals surface area contributed by atoms with Crippen molar-refractivity contribution in [1.29, 1.82) is 0 Å². The van der Waals surface area contributed by atoms with Crippen LogP contribution in [-0.4, -0.2) is 23.2 Å². The van der Waals surface area contributed by atoms with E-state index in [0.29, 0.717) is 11.7 Å². The van der Waals surface area contributed by atoms with Crippen LogP contribution in [0.25, 0.3) is 0 Å². The Labute approximate surface area is 80.8 Å². The molecule has 1 aliphatic heterocycles. The van der Waals surface area contributed by atoms with E-state index in [1.165, 1.54) is 11.3 Å². The van der Waals surface area contributed by atoms with Crippen molar-refractivity contribution < 1.29 is 5.11 Å². The largest absolute Gasteiger partial charge is 0.383 e. The van der Waals surface area contributed by atoms with E-state index in [9.17, 15) is 5.11 Å². The number of hydrogen-bond donors (Lipinski definition) is 3. The number of rotatable bonds is 1. The van der Waals surface area contributed by atoms with Gasteiger partial charge < -0.3 is 16.2 Å². The van der Waals surface area contributed by atoms with Crippen molar-refractivity contribution in [3.8, 4) is 0 Å². The fraction of sp³-hybridized carbons (Fsp3) is 0.625. The molecule has 0 saturated carbocycles. The van der Waals surface area contributed by atoms with Gasteiger partial charge >= 0.3 is 0 Å². The molecule has 13 heavy (non-hydrogen) atoms. The van der Waals surface area contributed by atoms with Gasteiger partial charge in [-0.25, -0.2) is 4.98 Å². The van der Waals surface area contributed by atoms with Crippen LogP contribution in [0.4, 0.5) is 5.13 Å². The lowest BCUT2D eigenvalue weighted by molar-refractivity contribution is 0.0156. The number of nitrogens with zero attached hydrogens (tertiary/aromatic N) is 1. The third-order valence-corrected chi connectivity index (χ3v) is 3.36. The minimum absolute atomic E-state index is 0.522. The lowest BCUT2D eigenvalue weighted by atomic mass is 9.93. The molecule has 1 aromatic heterocycles. The van der Waals surface area contributed by atoms with E-state index < -0.39 is 5.60 Å². The SMILES string of the molecule is Nc1ncc(C2(O)CCCNC2)s1. The summed E-state index contributed by atoms with van der Waals surface area (Å²) in [6.07, 6.45) is 3.46. The normalized spacial score (nSPS) is 29.0. The highest BCUT2D eigenvalue weighted by Gasteiger charge is 2.32. The Morgan fingerprint density at radius 2 is 2.54 bits per heavy atom. The van der Waals surface area contributed by atoms with Gasteiger partial charge in [0.05, 0.1) is 4.88 Å². The Hall–Kier alpha value is -0.650. The van der Waals surface area contributed by atoms with Gasteiger partial charge in [0, 0.05) is 12.7 Å². The highest BCUT2D eigenvalue weighted by molar-refractivity contribution is 7.15. The molecule has 2 rings (SSSR count). The molecule has 0 aromatic carbocycles. The Morgan fingerprint density at radius 3 is 3.08 bits per heavy atom. The summed E-state index contributed by atoms with van der Waals surface area (Å²) >= 11 is 1.37. The molecule has 1 atom stereocenters. The minimum Gasteiger partial charge on any atom is -0.383 e. The van der Waals surface area contributed by atoms with Crippen molar-refractivity contribution in [1.82, 2.24) is 10.3 Å². The van der Waals surface area contributed by atoms with Crippen LogP contribution in [0.5, 0.6) is 0 Å². The van der Waals surface area contributed by atoms with Gasteiger partial charge in [-0.2, -0.15) is 0 Å². The topological polar surface area (TPSA) is 71.2 Å². The van der Waals surface area contributed by atoms with Gasteiger partial charge in [0.25, 0.3) is 0 Å². The van der Waals surface area contributed by atoms with Crippen molar-refractivity contribution in [2.24, 2.45) is 0 Å². The number of aliphatic hydroxyl groups is 1. The molecule has 72 valence electrons. The third kappa shape index (κ3) is 1.67. The maximum Gasteiger partial charge on any atom is 0.180 e. The molecule has 0 aliphatic carbocycles. The van der Waals surface area contributed by atoms with Crippen LogP contribution in [-0.2, 0) is 5.60 Å². The molecule has 1 aliphatic rings. The Kier molecular flexibility index (Phi) is 2.23. The Balaban J connectivity index is 2.22. The number of thiazole rings is 1. The van der Waals surface area contributed by atoms with E-state index in [0.717, 1.165) is 24.3 Å². The molecule has 1 unspecified atom stereocenters. The van der Waals surface area contributed by atoms with Crippen molar-refractivity contribution in [3.05, 3.63) is 11.1 Å². The molecule has 2 heterocycles. The molecule has 1 fully saturated rings. The maximum atomic E-state index is 10.2. The summed E-state index contributed by atoms with van der Waals surface area (Å²) in [7, 11) is 0. The van der Waals surface area contributed by atoms with E-state index in [-0.39, 0.29) is 0 Å². The zero-order valence-corrected chi connectivity index (χ0v) is 8.10. The number of nitrogen functional groups attached to an aromatic ring is 1. The van der Waals surface area contributed by atoms with Crippen LogP contribution in [0.2, 0.25) is 0 Å². The summed E-state index contributed by atoms with van der Waals surface area (Å²) in [5.41, 5.74) is 4.78. The minimum atomic E-state index is -0.743. The number of nitrogens with two attached hydrogens (primary N) is 1. The highest BCUT2D eigenvalue weighted by Crippen LogP contribution is 2.32. The fourth-order valence-electron chi connectivity index (χ4n) is 1.60. The second-order valence-corrected chi connectivity index (χ2v) is 4.44. The fourth-order valence-corrected chi connectivity index (χ4v) is 2.40. The third-order valence-electron chi connectivity index (χ3n) is 2.34. The molecule has 4 N–H and O–H groups in total. The average Bonchev–Trinajstić information content (AvgIpc) is 2.54. The van der Waals surface area contributed by atoms with Crippen molar-refractivity contribution in [3.63, 3.8) is 0 Å². The first kappa shape index (κ1) is 8.93. The number of β-amino-alcohol motifs (C(OH)–C–C–N with tert-alkyl or cyclic N) is 1. The van der Waals surface area contributed by atoms with Crippen molar-refractivity contribution in [2.45, 2.75) is 18.4 Å². The van der Waals surface area contributed by atoms with Crippen LogP contribution in [0.3, 0.4) is 0 Å². The van der Waals surface area contributed by atoms with Crippen molar-refractivity contribution in [2.75, 3.05) is 18.8 Å². The van der Waals surface area contributed by atoms with E-state index in [4.69, 9.17) is 5.73 Å². The van der Waals surface area contributed by atoms with E-state index >= 15 is 0 Å². The maximum absolute atomic E-state index is 10.2. The van der Waals surface area contributed by atoms with Gasteiger partial charge in [-0.15, -0.1) is 0 Å². The standard InChI is InChI=1S/C8H13N3OS/c9-7-11-4-6(13-7)8(12)2-1-3-10-5-8/h4,10,12H,1-3,5H2,(H2,9,11). The Bertz CT molecular complexity index is 293. The van der Waals surface area contributed by atoms with Gasteiger partial charge in [0.2, 0.25) is 0 Å². The number of anilines is 1. The number of hydrogen-bond acceptors (Lipinski definition) is 5. The van der Waals surface area contributed by atoms with Gasteiger partial charge in [-0.1, -0.05) is 11.3 Å². The van der Waals surface area contributed by atoms with Gasteiger partial charge in [-0.3, -0.25) is 0 Å². The molecule has 0 spiro atoms. The molecular formula is C8H13N3OS. The van der Waals surface area contributed by atoms with Crippen LogP contribution in [0, 0.1) is 0 Å². The lowest BCUT2D eigenvalue weighted by Gasteiger charge is -2.31. The first-order valence-electron chi connectivity index (χ1n) is 4.36. The van der Waals surface area contributed by atoms with E-state index in [1.54, 1.807) is 6.20 Å². The monoisotopic (exact) mass is 199 g/mol. The average molecular weight is 199 g/mol. The molecular weight excluding hydrogens is 186 g/mol. The van der Waals surface area contributed by atoms with Crippen LogP contribution >= 0.6 is 11.3 Å². The second kappa shape index (κ2) is 3.25. The van der Waals surface area contributed by atoms with Gasteiger partial charge in [0.1, 0.15) is 5.60 Å². The van der Waals surface area contributed by atoms with Gasteiger partial charge in [0.15, 0.2) is 5.13 Å². The van der Waals surface area contributed by atoms with Crippen LogP contribution in [0.15, 0.2) is 6.20 Å². The Morgan fingerprint density at radius 1 is 1.69 bits per heavy atom. The zero-order valence-electron chi connectivity index (χ0n) is 7.29. The van der Waals surface area contributed by atoms with E-state index in [1.807, 2.05) is 0 Å². The number of piperidine rings is 1. The predicted molar refractivity (Wildman–Crippen MR) is 52.5 cm³/mol. The molecule has 0 bridgehead atoms. The zero-order chi connectivity index (χ0) is 9.31. The number of aromatic nitrogens is 1. The summed E-state index contributed by atoms with van der Waals surface area (Å²) in [4.78, 5) is 4.82. The molecule has 4 nitrogen and oxygen atoms in total. The lowest BCUT2D eigenvalue weighted by Crippen LogP contribution is -2.42. The molecule has 1 aromatic rings. The van der Waals surface area contributed by atoms with Crippen LogP contribution in [0.1, 0.15) is 17.7 Å². The molecule has 0 amide bonds. The summed E-state index contributed by atoms with van der Waals surface area (Å²) in [6, 6.07) is 0. The second-order valence-electron chi connectivity index (χ2n) is 3.37. The first-order valence-corrected chi connectivity index (χ1v) is 5.17. The van der Waals surface area contributed by atoms with Gasteiger partial charge in [-0.05, 0) is 19.4 Å².